The van der Waals surface area contributed by atoms with Gasteiger partial charge >= 0.3 is 0 Å². The van der Waals surface area contributed by atoms with E-state index in [0.29, 0.717) is 11.4 Å². The van der Waals surface area contributed by atoms with Crippen molar-refractivity contribution >= 4 is 11.4 Å². The zero-order valence-electron chi connectivity index (χ0n) is 12.7. The van der Waals surface area contributed by atoms with E-state index in [4.69, 9.17) is 0 Å². The third kappa shape index (κ3) is 3.34. The Labute approximate surface area is 124 Å². The van der Waals surface area contributed by atoms with Gasteiger partial charge in [0.25, 0.3) is 0 Å². The molecule has 21 heavy (non-hydrogen) atoms. The van der Waals surface area contributed by atoms with Gasteiger partial charge in [-0.05, 0) is 41.5 Å². The Kier molecular flexibility index (Phi) is 4.47. The van der Waals surface area contributed by atoms with E-state index in [9.17, 15) is 4.79 Å². The molecule has 0 unspecified atom stereocenters. The second-order valence-corrected chi connectivity index (χ2v) is 5.00. The topological polar surface area (TPSA) is 63.9 Å². The van der Waals surface area contributed by atoms with E-state index in [2.05, 4.69) is 22.4 Å². The Morgan fingerprint density at radius 3 is 2.48 bits per heavy atom. The van der Waals surface area contributed by atoms with Gasteiger partial charge in [0.2, 0.25) is 0 Å². The predicted octanol–water partition coefficient (Wildman–Crippen LogP) is 1.72. The number of rotatable bonds is 5. The van der Waals surface area contributed by atoms with Crippen molar-refractivity contribution in [1.82, 2.24) is 25.1 Å². The van der Waals surface area contributed by atoms with Gasteiger partial charge in [-0.15, -0.1) is 5.10 Å². The summed E-state index contributed by atoms with van der Waals surface area (Å²) >= 11 is 0. The van der Waals surface area contributed by atoms with Crippen LogP contribution < -0.4 is 0 Å². The first-order chi connectivity index (χ1) is 10.0. The molecule has 0 N–H and O–H groups in total. The number of Topliss-reactive ketones (excluding diaryl/α,β-unsaturated/α-hetero) is 1. The van der Waals surface area contributed by atoms with Crippen molar-refractivity contribution in [1.29, 1.82) is 0 Å². The molecular formula is C15H19N5O. The molecule has 6 heteroatoms. The molecule has 0 atom stereocenters. The van der Waals surface area contributed by atoms with Gasteiger partial charge in [0.05, 0.1) is 11.3 Å². The van der Waals surface area contributed by atoms with Crippen molar-refractivity contribution in [3.63, 3.8) is 0 Å². The number of nitrogens with zero attached hydrogens (tertiary/aromatic N) is 5. The molecule has 1 aromatic carbocycles. The number of ketones is 1. The number of tetrazole rings is 1. The van der Waals surface area contributed by atoms with Gasteiger partial charge in [-0.1, -0.05) is 19.1 Å². The van der Waals surface area contributed by atoms with Crippen molar-refractivity contribution in [3.05, 3.63) is 41.9 Å². The van der Waals surface area contributed by atoms with Crippen LogP contribution in [-0.4, -0.2) is 45.0 Å². The summed E-state index contributed by atoms with van der Waals surface area (Å²) in [4.78, 5) is 13.7. The summed E-state index contributed by atoms with van der Waals surface area (Å²) in [5.41, 5.74) is 2.55. The van der Waals surface area contributed by atoms with Crippen LogP contribution in [0, 0.1) is 0 Å². The van der Waals surface area contributed by atoms with Crippen LogP contribution >= 0.6 is 0 Å². The average molecular weight is 285 g/mol. The Morgan fingerprint density at radius 1 is 1.29 bits per heavy atom. The Hall–Kier alpha value is -2.50. The van der Waals surface area contributed by atoms with Gasteiger partial charge in [-0.25, -0.2) is 0 Å². The first kappa shape index (κ1) is 14.9. The third-order valence-corrected chi connectivity index (χ3v) is 3.07. The number of aromatic nitrogens is 4. The lowest BCUT2D eigenvalue weighted by Crippen LogP contribution is -2.11. The van der Waals surface area contributed by atoms with Crippen LogP contribution in [0.5, 0.6) is 0 Å². The average Bonchev–Trinajstić information content (AvgIpc) is 2.93. The van der Waals surface area contributed by atoms with Crippen LogP contribution in [0.3, 0.4) is 0 Å². The summed E-state index contributed by atoms with van der Waals surface area (Å²) in [6.45, 7) is 3.61. The predicted molar refractivity (Wildman–Crippen MR) is 80.9 cm³/mol. The molecule has 2 aromatic rings. The highest BCUT2D eigenvalue weighted by molar-refractivity contribution is 6.18. The normalized spacial score (nSPS) is 11.5. The van der Waals surface area contributed by atoms with Gasteiger partial charge in [-0.2, -0.15) is 4.68 Å². The quantitative estimate of drug-likeness (QED) is 0.783. The van der Waals surface area contributed by atoms with Gasteiger partial charge in [0, 0.05) is 20.3 Å². The molecule has 2 rings (SSSR count). The monoisotopic (exact) mass is 285 g/mol. The molecule has 1 heterocycles. The molecule has 0 aliphatic rings. The number of aryl methyl sites for hydroxylation is 1. The van der Waals surface area contributed by atoms with Crippen LogP contribution in [0.4, 0.5) is 0 Å². The van der Waals surface area contributed by atoms with E-state index in [-0.39, 0.29) is 5.78 Å². The van der Waals surface area contributed by atoms with Gasteiger partial charge in [-0.3, -0.25) is 4.79 Å². The number of carbonyl (C=O) groups excluding carboxylic acids is 1. The number of benzene rings is 1. The highest BCUT2D eigenvalue weighted by Gasteiger charge is 2.17. The van der Waals surface area contributed by atoms with E-state index in [1.54, 1.807) is 15.8 Å². The minimum absolute atomic E-state index is 0.0788. The minimum atomic E-state index is -0.0788. The van der Waals surface area contributed by atoms with Crippen LogP contribution in [-0.2, 0) is 11.2 Å². The third-order valence-electron chi connectivity index (χ3n) is 3.07. The lowest BCUT2D eigenvalue weighted by atomic mass is 10.1. The lowest BCUT2D eigenvalue weighted by Gasteiger charge is -2.10. The zero-order valence-corrected chi connectivity index (χ0v) is 12.7. The molecule has 110 valence electrons. The van der Waals surface area contributed by atoms with E-state index in [1.807, 2.05) is 38.4 Å². The molecule has 0 bridgehead atoms. The summed E-state index contributed by atoms with van der Waals surface area (Å²) in [5.74, 6) is 0.366. The van der Waals surface area contributed by atoms with Gasteiger partial charge in [0.15, 0.2) is 11.6 Å². The highest BCUT2D eigenvalue weighted by Crippen LogP contribution is 2.17. The number of carbonyl (C=O) groups is 1. The maximum Gasteiger partial charge on any atom is 0.192 e. The molecule has 6 nitrogen and oxygen atoms in total. The first-order valence-corrected chi connectivity index (χ1v) is 6.80. The summed E-state index contributed by atoms with van der Waals surface area (Å²) in [6, 6.07) is 7.96. The second kappa shape index (κ2) is 6.30. The number of allylic oxidation sites excluding steroid dienone is 1. The van der Waals surface area contributed by atoms with Gasteiger partial charge in [0.1, 0.15) is 0 Å². The fraction of sp³-hybridized carbons (Fsp3) is 0.333. The van der Waals surface area contributed by atoms with E-state index in [0.717, 1.165) is 12.1 Å². The molecular weight excluding hydrogens is 266 g/mol. The summed E-state index contributed by atoms with van der Waals surface area (Å²) in [7, 11) is 3.71. The Balaban J connectivity index is 2.48. The van der Waals surface area contributed by atoms with E-state index in [1.165, 1.54) is 12.5 Å². The molecule has 0 saturated carbocycles. The molecule has 0 saturated heterocycles. The van der Waals surface area contributed by atoms with Crippen LogP contribution in [0.25, 0.3) is 11.3 Å². The summed E-state index contributed by atoms with van der Waals surface area (Å²) in [5, 5.41) is 11.7. The SMILES string of the molecule is CCc1ccc(-n2nnnc2C(=CN(C)C)C(C)=O)cc1. The molecule has 0 spiro atoms. The highest BCUT2D eigenvalue weighted by atomic mass is 16.1. The summed E-state index contributed by atoms with van der Waals surface area (Å²) in [6.07, 6.45) is 2.70. The maximum atomic E-state index is 11.9. The minimum Gasteiger partial charge on any atom is -0.383 e. The molecule has 0 radical (unpaired) electrons. The summed E-state index contributed by atoms with van der Waals surface area (Å²) < 4.78 is 1.58. The number of hydrogen-bond donors (Lipinski definition) is 0. The zero-order chi connectivity index (χ0) is 15.4. The fourth-order valence-corrected chi connectivity index (χ4v) is 1.97. The fourth-order valence-electron chi connectivity index (χ4n) is 1.97. The van der Waals surface area contributed by atoms with Crippen molar-refractivity contribution in [2.75, 3.05) is 14.1 Å². The van der Waals surface area contributed by atoms with Crippen molar-refractivity contribution < 1.29 is 4.79 Å². The second-order valence-electron chi connectivity index (χ2n) is 5.00. The molecule has 0 aliphatic heterocycles. The Bertz CT molecular complexity index is 655. The van der Waals surface area contributed by atoms with Crippen molar-refractivity contribution in [3.8, 4) is 5.69 Å². The van der Waals surface area contributed by atoms with Crippen molar-refractivity contribution in [2.45, 2.75) is 20.3 Å². The molecule has 1 aromatic heterocycles. The smallest absolute Gasteiger partial charge is 0.192 e. The molecule has 0 aliphatic carbocycles. The first-order valence-electron chi connectivity index (χ1n) is 6.80. The van der Waals surface area contributed by atoms with Crippen LogP contribution in [0.2, 0.25) is 0 Å². The van der Waals surface area contributed by atoms with Crippen LogP contribution in [0.1, 0.15) is 25.2 Å². The molecule has 0 fully saturated rings. The van der Waals surface area contributed by atoms with Crippen LogP contribution in [0.15, 0.2) is 30.5 Å². The molecule has 0 amide bonds. The Morgan fingerprint density at radius 2 is 1.95 bits per heavy atom. The van der Waals surface area contributed by atoms with Gasteiger partial charge < -0.3 is 4.90 Å². The number of hydrogen-bond acceptors (Lipinski definition) is 5. The van der Waals surface area contributed by atoms with Crippen molar-refractivity contribution in [2.24, 2.45) is 0 Å². The maximum absolute atomic E-state index is 11.9. The standard InChI is InChI=1S/C15H19N5O/c1-5-12-6-8-13(9-7-12)20-15(16-17-18-20)14(11(2)21)10-19(3)4/h6-10H,5H2,1-4H3. The van der Waals surface area contributed by atoms with E-state index >= 15 is 0 Å². The largest absolute Gasteiger partial charge is 0.383 e. The lowest BCUT2D eigenvalue weighted by molar-refractivity contribution is -0.111. The van der Waals surface area contributed by atoms with E-state index < -0.39 is 0 Å².